The third kappa shape index (κ3) is 5.09. The summed E-state index contributed by atoms with van der Waals surface area (Å²) >= 11 is 0. The average Bonchev–Trinajstić information content (AvgIpc) is 3.44. The van der Waals surface area contributed by atoms with Gasteiger partial charge in [-0.05, 0) is 57.6 Å². The lowest BCUT2D eigenvalue weighted by Crippen LogP contribution is -2.24. The molecule has 2 aromatic carbocycles. The Labute approximate surface area is 216 Å². The van der Waals surface area contributed by atoms with E-state index in [0.29, 0.717) is 5.82 Å². The van der Waals surface area contributed by atoms with Crippen LogP contribution < -0.4 is 16.0 Å². The number of anilines is 2. The van der Waals surface area contributed by atoms with Gasteiger partial charge in [-0.3, -0.25) is 4.68 Å². The second-order valence-corrected chi connectivity index (χ2v) is 9.22. The number of fused-ring (bicyclic) bond motifs is 1. The molecule has 0 saturated heterocycles. The van der Waals surface area contributed by atoms with Crippen LogP contribution in [0.1, 0.15) is 22.6 Å². The number of likely N-dealkylation sites (N-methyl/N-ethyl adjacent to an activating group) is 1. The summed E-state index contributed by atoms with van der Waals surface area (Å²) in [4.78, 5) is 10.00. The third-order valence-electron chi connectivity index (χ3n) is 6.49. The summed E-state index contributed by atoms with van der Waals surface area (Å²) in [5.41, 5.74) is 7.56. The van der Waals surface area contributed by atoms with Gasteiger partial charge < -0.3 is 20.5 Å². The molecule has 0 amide bonds. The molecule has 3 N–H and O–H groups in total. The van der Waals surface area contributed by atoms with Gasteiger partial charge in [0.25, 0.3) is 0 Å². The van der Waals surface area contributed by atoms with Crippen molar-refractivity contribution in [3.05, 3.63) is 71.2 Å². The van der Waals surface area contributed by atoms with Crippen molar-refractivity contribution in [2.45, 2.75) is 27.3 Å². The molecular formula is C28H32N8O. The Morgan fingerprint density at radius 1 is 1.00 bits per heavy atom. The standard InChI is InChI=1S/C28H32N8O/c1-17-26(25-18(2)35-37-19(25)3)33-28(21-8-6-7-20(13-21)15-30-12-11-29-4)34-27(17)32-23-9-10-24-22(14-23)16-31-36(24)5/h6-10,13-14,16,29-30H,11-12,15H2,1-5H3,(H,32,33,34). The number of nitrogens with zero attached hydrogens (tertiary/aromatic N) is 5. The van der Waals surface area contributed by atoms with Gasteiger partial charge in [-0.1, -0.05) is 23.4 Å². The van der Waals surface area contributed by atoms with E-state index in [9.17, 15) is 0 Å². The van der Waals surface area contributed by atoms with Gasteiger partial charge in [0, 0.05) is 48.9 Å². The Balaban J connectivity index is 1.57. The number of benzene rings is 2. The van der Waals surface area contributed by atoms with Gasteiger partial charge in [-0.2, -0.15) is 5.10 Å². The number of hydrogen-bond acceptors (Lipinski definition) is 8. The van der Waals surface area contributed by atoms with Crippen LogP contribution in [0.15, 0.2) is 53.2 Å². The average molecular weight is 497 g/mol. The van der Waals surface area contributed by atoms with Crippen LogP contribution in [0.2, 0.25) is 0 Å². The zero-order chi connectivity index (χ0) is 25.9. The van der Waals surface area contributed by atoms with Crippen LogP contribution in [0, 0.1) is 20.8 Å². The first kappa shape index (κ1) is 24.6. The highest BCUT2D eigenvalue weighted by molar-refractivity contribution is 5.84. The summed E-state index contributed by atoms with van der Waals surface area (Å²) in [5, 5.41) is 19.7. The van der Waals surface area contributed by atoms with Crippen LogP contribution in [0.4, 0.5) is 11.5 Å². The summed E-state index contributed by atoms with van der Waals surface area (Å²) in [6, 6.07) is 14.5. The lowest BCUT2D eigenvalue weighted by atomic mass is 10.0. The molecule has 0 aliphatic heterocycles. The van der Waals surface area contributed by atoms with Crippen molar-refractivity contribution < 1.29 is 4.52 Å². The maximum atomic E-state index is 5.49. The molecule has 0 unspecified atom stereocenters. The molecule has 3 aromatic heterocycles. The molecule has 9 nitrogen and oxygen atoms in total. The quantitative estimate of drug-likeness (QED) is 0.253. The van der Waals surface area contributed by atoms with Gasteiger partial charge in [0.2, 0.25) is 0 Å². The lowest BCUT2D eigenvalue weighted by molar-refractivity contribution is 0.393. The van der Waals surface area contributed by atoms with Crippen molar-refractivity contribution in [3.63, 3.8) is 0 Å². The van der Waals surface area contributed by atoms with Crippen molar-refractivity contribution in [3.8, 4) is 22.6 Å². The fraction of sp³-hybridized carbons (Fsp3) is 0.286. The van der Waals surface area contributed by atoms with E-state index < -0.39 is 0 Å². The Morgan fingerprint density at radius 3 is 2.65 bits per heavy atom. The smallest absolute Gasteiger partial charge is 0.162 e. The second-order valence-electron chi connectivity index (χ2n) is 9.22. The van der Waals surface area contributed by atoms with Crippen LogP contribution in [0.5, 0.6) is 0 Å². The minimum Gasteiger partial charge on any atom is -0.361 e. The largest absolute Gasteiger partial charge is 0.361 e. The summed E-state index contributed by atoms with van der Waals surface area (Å²) in [7, 11) is 3.89. The minimum absolute atomic E-state index is 0.641. The van der Waals surface area contributed by atoms with Gasteiger partial charge in [0.05, 0.1) is 28.7 Å². The molecule has 5 rings (SSSR count). The molecule has 0 bridgehead atoms. The zero-order valence-corrected chi connectivity index (χ0v) is 21.9. The fourth-order valence-electron chi connectivity index (χ4n) is 4.48. The van der Waals surface area contributed by atoms with Crippen molar-refractivity contribution in [2.24, 2.45) is 7.05 Å². The topological polar surface area (TPSA) is 106 Å². The van der Waals surface area contributed by atoms with Crippen molar-refractivity contribution in [1.82, 2.24) is 35.5 Å². The van der Waals surface area contributed by atoms with Crippen LogP contribution in [0.25, 0.3) is 33.5 Å². The van der Waals surface area contributed by atoms with Crippen molar-refractivity contribution >= 4 is 22.4 Å². The second kappa shape index (κ2) is 10.5. The van der Waals surface area contributed by atoms with E-state index in [1.807, 2.05) is 63.9 Å². The molecule has 9 heteroatoms. The molecule has 0 saturated carbocycles. The van der Waals surface area contributed by atoms with E-state index in [1.165, 1.54) is 5.56 Å². The lowest BCUT2D eigenvalue weighted by Gasteiger charge is -2.15. The maximum absolute atomic E-state index is 5.49. The van der Waals surface area contributed by atoms with Gasteiger partial charge in [-0.25, -0.2) is 9.97 Å². The third-order valence-corrected chi connectivity index (χ3v) is 6.49. The van der Waals surface area contributed by atoms with Crippen molar-refractivity contribution in [2.75, 3.05) is 25.5 Å². The van der Waals surface area contributed by atoms with Crippen LogP contribution in [-0.4, -0.2) is 45.0 Å². The molecule has 3 heterocycles. The molecule has 0 radical (unpaired) electrons. The monoisotopic (exact) mass is 496 g/mol. The van der Waals surface area contributed by atoms with Gasteiger partial charge in [0.1, 0.15) is 11.6 Å². The normalized spacial score (nSPS) is 11.4. The van der Waals surface area contributed by atoms with E-state index in [0.717, 1.165) is 75.9 Å². The van der Waals surface area contributed by atoms with Crippen LogP contribution in [0.3, 0.4) is 0 Å². The van der Waals surface area contributed by atoms with E-state index in [1.54, 1.807) is 0 Å². The first-order valence-electron chi connectivity index (χ1n) is 12.4. The first-order chi connectivity index (χ1) is 17.9. The Morgan fingerprint density at radius 2 is 1.86 bits per heavy atom. The minimum atomic E-state index is 0.641. The van der Waals surface area contributed by atoms with Crippen molar-refractivity contribution in [1.29, 1.82) is 0 Å². The SMILES string of the molecule is CNCCNCc1cccc(-c2nc(Nc3ccc4c(cnn4C)c3)c(C)c(-c3c(C)noc3C)n2)c1. The highest BCUT2D eigenvalue weighted by atomic mass is 16.5. The Bertz CT molecular complexity index is 1530. The molecule has 0 fully saturated rings. The van der Waals surface area contributed by atoms with Gasteiger partial charge in [0.15, 0.2) is 5.82 Å². The number of rotatable bonds is 9. The predicted molar refractivity (Wildman–Crippen MR) is 147 cm³/mol. The van der Waals surface area contributed by atoms with E-state index >= 15 is 0 Å². The van der Waals surface area contributed by atoms with E-state index in [-0.39, 0.29) is 0 Å². The molecule has 0 aliphatic carbocycles. The highest BCUT2D eigenvalue weighted by Crippen LogP contribution is 2.34. The van der Waals surface area contributed by atoms with Gasteiger partial charge >= 0.3 is 0 Å². The number of nitrogens with one attached hydrogen (secondary N) is 3. The fourth-order valence-corrected chi connectivity index (χ4v) is 4.48. The molecule has 5 aromatic rings. The predicted octanol–water partition coefficient (Wildman–Crippen LogP) is 4.66. The summed E-state index contributed by atoms with van der Waals surface area (Å²) < 4.78 is 7.35. The summed E-state index contributed by atoms with van der Waals surface area (Å²) in [6.45, 7) is 8.46. The van der Waals surface area contributed by atoms with Crippen LogP contribution >= 0.6 is 0 Å². The highest BCUT2D eigenvalue weighted by Gasteiger charge is 2.20. The molecule has 0 spiro atoms. The molecular weight excluding hydrogens is 464 g/mol. The Kier molecular flexibility index (Phi) is 6.98. The van der Waals surface area contributed by atoms with Crippen LogP contribution in [-0.2, 0) is 13.6 Å². The molecule has 37 heavy (non-hydrogen) atoms. The molecule has 0 aliphatic rings. The number of aryl methyl sites for hydroxylation is 3. The zero-order valence-electron chi connectivity index (χ0n) is 21.9. The number of hydrogen-bond donors (Lipinski definition) is 3. The Hall–Kier alpha value is -4.08. The summed E-state index contributed by atoms with van der Waals surface area (Å²) in [5.74, 6) is 2.11. The first-order valence-corrected chi connectivity index (χ1v) is 12.4. The molecule has 0 atom stereocenters. The van der Waals surface area contributed by atoms with E-state index in [2.05, 4.69) is 50.5 Å². The number of aromatic nitrogens is 5. The van der Waals surface area contributed by atoms with Gasteiger partial charge in [-0.15, -0.1) is 0 Å². The molecule has 190 valence electrons. The van der Waals surface area contributed by atoms with E-state index in [4.69, 9.17) is 14.5 Å². The maximum Gasteiger partial charge on any atom is 0.162 e. The summed E-state index contributed by atoms with van der Waals surface area (Å²) in [6.07, 6.45) is 1.87.